The molecule has 0 radical (unpaired) electrons. The second-order valence-electron chi connectivity index (χ2n) is 3.16. The molecule has 15 heavy (non-hydrogen) atoms. The molecule has 0 amide bonds. The van der Waals surface area contributed by atoms with Crippen molar-refractivity contribution in [2.45, 2.75) is 11.8 Å². The van der Waals surface area contributed by atoms with Gasteiger partial charge in [0.25, 0.3) is 0 Å². The van der Waals surface area contributed by atoms with Crippen molar-refractivity contribution in [3.63, 3.8) is 0 Å². The van der Waals surface area contributed by atoms with E-state index in [9.17, 15) is 8.42 Å². The lowest BCUT2D eigenvalue weighted by atomic mass is 10.2. The highest BCUT2D eigenvalue weighted by Crippen LogP contribution is 2.25. The van der Waals surface area contributed by atoms with Crippen molar-refractivity contribution in [3.8, 4) is 5.75 Å². The zero-order chi connectivity index (χ0) is 11.5. The van der Waals surface area contributed by atoms with Gasteiger partial charge in [-0.05, 0) is 24.6 Å². The second kappa shape index (κ2) is 4.86. The summed E-state index contributed by atoms with van der Waals surface area (Å²) in [5.41, 5.74) is 0.879. The summed E-state index contributed by atoms with van der Waals surface area (Å²) in [6.45, 7) is 1.83. The van der Waals surface area contributed by atoms with Gasteiger partial charge in [-0.25, -0.2) is 8.42 Å². The Morgan fingerprint density at radius 1 is 1.40 bits per heavy atom. The molecule has 5 heteroatoms. The van der Waals surface area contributed by atoms with Crippen LogP contribution in [0, 0.1) is 6.92 Å². The predicted molar refractivity (Wildman–Crippen MR) is 60.5 cm³/mol. The Balaban J connectivity index is 3.28. The molecule has 84 valence electrons. The van der Waals surface area contributed by atoms with Crippen LogP contribution in [0.3, 0.4) is 0 Å². The fourth-order valence-corrected chi connectivity index (χ4v) is 3.09. The molecule has 1 aromatic carbocycles. The molecule has 0 fully saturated rings. The predicted octanol–water partition coefficient (Wildman–Crippen LogP) is 2.02. The summed E-state index contributed by atoms with van der Waals surface area (Å²) in [6, 6.07) is 5.05. The van der Waals surface area contributed by atoms with E-state index < -0.39 is 9.84 Å². The molecule has 0 bridgehead atoms. The molecule has 1 aromatic rings. The number of hydrogen-bond donors (Lipinski definition) is 0. The van der Waals surface area contributed by atoms with Gasteiger partial charge in [0, 0.05) is 5.88 Å². The first-order valence-electron chi connectivity index (χ1n) is 4.44. The van der Waals surface area contributed by atoms with Crippen LogP contribution in [0.25, 0.3) is 0 Å². The number of halogens is 1. The molecule has 3 nitrogen and oxygen atoms in total. The molecular formula is C10H13ClO3S. The molecule has 0 aliphatic heterocycles. The molecular weight excluding hydrogens is 236 g/mol. The van der Waals surface area contributed by atoms with E-state index in [1.165, 1.54) is 7.11 Å². The van der Waals surface area contributed by atoms with Crippen molar-refractivity contribution in [2.24, 2.45) is 0 Å². The molecule has 0 aliphatic carbocycles. The van der Waals surface area contributed by atoms with E-state index >= 15 is 0 Å². The average Bonchev–Trinajstić information content (AvgIpc) is 2.17. The highest BCUT2D eigenvalue weighted by Gasteiger charge is 2.18. The van der Waals surface area contributed by atoms with E-state index in [0.717, 1.165) is 5.56 Å². The lowest BCUT2D eigenvalue weighted by molar-refractivity contribution is 0.402. The SMILES string of the molecule is COc1ccc(C)cc1S(=O)(=O)CCCl. The van der Waals surface area contributed by atoms with E-state index in [2.05, 4.69) is 0 Å². The van der Waals surface area contributed by atoms with Crippen LogP contribution in [0.5, 0.6) is 5.75 Å². The third-order valence-corrected chi connectivity index (χ3v) is 4.14. The number of aryl methyl sites for hydroxylation is 1. The van der Waals surface area contributed by atoms with Gasteiger partial charge in [0.1, 0.15) is 10.6 Å². The van der Waals surface area contributed by atoms with Crippen LogP contribution in [0.2, 0.25) is 0 Å². The van der Waals surface area contributed by atoms with Crippen LogP contribution in [-0.4, -0.2) is 27.2 Å². The molecule has 1 rings (SSSR count). The highest BCUT2D eigenvalue weighted by molar-refractivity contribution is 7.91. The van der Waals surface area contributed by atoms with Gasteiger partial charge in [0.2, 0.25) is 0 Å². The summed E-state index contributed by atoms with van der Waals surface area (Å²) >= 11 is 5.45. The minimum Gasteiger partial charge on any atom is -0.495 e. The van der Waals surface area contributed by atoms with Crippen molar-refractivity contribution in [1.82, 2.24) is 0 Å². The number of hydrogen-bond acceptors (Lipinski definition) is 3. The first-order valence-corrected chi connectivity index (χ1v) is 6.63. The third-order valence-electron chi connectivity index (χ3n) is 2.00. The molecule has 0 aromatic heterocycles. The van der Waals surface area contributed by atoms with Crippen molar-refractivity contribution >= 4 is 21.4 Å². The van der Waals surface area contributed by atoms with Crippen LogP contribution >= 0.6 is 11.6 Å². The Morgan fingerprint density at radius 3 is 2.60 bits per heavy atom. The first-order chi connectivity index (χ1) is 7.01. The Hall–Kier alpha value is -0.740. The van der Waals surface area contributed by atoms with Gasteiger partial charge >= 0.3 is 0 Å². The Kier molecular flexibility index (Phi) is 3.99. The van der Waals surface area contributed by atoms with Gasteiger partial charge in [-0.2, -0.15) is 0 Å². The number of methoxy groups -OCH3 is 1. The molecule has 0 spiro atoms. The lowest BCUT2D eigenvalue weighted by Gasteiger charge is -2.09. The normalized spacial score (nSPS) is 11.4. The van der Waals surface area contributed by atoms with E-state index in [4.69, 9.17) is 16.3 Å². The second-order valence-corrected chi connectivity index (χ2v) is 5.62. The topological polar surface area (TPSA) is 43.4 Å². The number of benzene rings is 1. The van der Waals surface area contributed by atoms with Crippen LogP contribution in [0.4, 0.5) is 0 Å². The summed E-state index contributed by atoms with van der Waals surface area (Å²) in [7, 11) is -1.88. The Bertz CT molecular complexity index is 440. The van der Waals surface area contributed by atoms with Crippen LogP contribution < -0.4 is 4.74 Å². The minimum absolute atomic E-state index is 0.0750. The lowest BCUT2D eigenvalue weighted by Crippen LogP contribution is -2.09. The summed E-state index contributed by atoms with van der Waals surface area (Å²) in [5, 5.41) is 0. The maximum atomic E-state index is 11.8. The quantitative estimate of drug-likeness (QED) is 0.766. The van der Waals surface area contributed by atoms with E-state index in [1.807, 2.05) is 6.92 Å². The molecule has 0 heterocycles. The highest BCUT2D eigenvalue weighted by atomic mass is 35.5. The molecule has 0 aliphatic rings. The number of rotatable bonds is 4. The molecule has 0 saturated heterocycles. The summed E-state index contributed by atoms with van der Waals surface area (Å²) in [5.74, 6) is 0.374. The zero-order valence-electron chi connectivity index (χ0n) is 8.66. The van der Waals surface area contributed by atoms with Gasteiger partial charge in [-0.15, -0.1) is 11.6 Å². The van der Waals surface area contributed by atoms with Crippen LogP contribution in [0.15, 0.2) is 23.1 Å². The largest absolute Gasteiger partial charge is 0.495 e. The zero-order valence-corrected chi connectivity index (χ0v) is 10.2. The maximum Gasteiger partial charge on any atom is 0.183 e. The Labute approximate surface area is 94.9 Å². The molecule has 0 N–H and O–H groups in total. The molecule has 0 atom stereocenters. The first kappa shape index (κ1) is 12.3. The monoisotopic (exact) mass is 248 g/mol. The molecule has 0 unspecified atom stereocenters. The fourth-order valence-electron chi connectivity index (χ4n) is 1.24. The van der Waals surface area contributed by atoms with E-state index in [-0.39, 0.29) is 16.5 Å². The van der Waals surface area contributed by atoms with Gasteiger partial charge in [-0.3, -0.25) is 0 Å². The van der Waals surface area contributed by atoms with Gasteiger partial charge in [0.15, 0.2) is 9.84 Å². The smallest absolute Gasteiger partial charge is 0.183 e. The van der Waals surface area contributed by atoms with Crippen molar-refractivity contribution in [1.29, 1.82) is 0 Å². The number of alkyl halides is 1. The summed E-state index contributed by atoms with van der Waals surface area (Å²) < 4.78 is 28.6. The average molecular weight is 249 g/mol. The Morgan fingerprint density at radius 2 is 2.07 bits per heavy atom. The van der Waals surface area contributed by atoms with Crippen LogP contribution in [0.1, 0.15) is 5.56 Å². The number of ether oxygens (including phenoxy) is 1. The third kappa shape index (κ3) is 2.86. The van der Waals surface area contributed by atoms with E-state index in [1.54, 1.807) is 18.2 Å². The van der Waals surface area contributed by atoms with Crippen molar-refractivity contribution in [3.05, 3.63) is 23.8 Å². The maximum absolute atomic E-state index is 11.8. The standard InChI is InChI=1S/C10H13ClO3S/c1-8-3-4-9(14-2)10(7-8)15(12,13)6-5-11/h3-4,7H,5-6H2,1-2H3. The van der Waals surface area contributed by atoms with Gasteiger partial charge in [0.05, 0.1) is 12.9 Å². The minimum atomic E-state index is -3.33. The van der Waals surface area contributed by atoms with Gasteiger partial charge in [-0.1, -0.05) is 6.07 Å². The molecule has 0 saturated carbocycles. The van der Waals surface area contributed by atoms with E-state index in [0.29, 0.717) is 5.75 Å². The van der Waals surface area contributed by atoms with Gasteiger partial charge < -0.3 is 4.74 Å². The fraction of sp³-hybridized carbons (Fsp3) is 0.400. The number of sulfone groups is 1. The van der Waals surface area contributed by atoms with Crippen LogP contribution in [-0.2, 0) is 9.84 Å². The summed E-state index contributed by atoms with van der Waals surface area (Å²) in [6.07, 6.45) is 0. The van der Waals surface area contributed by atoms with Crippen molar-refractivity contribution in [2.75, 3.05) is 18.7 Å². The summed E-state index contributed by atoms with van der Waals surface area (Å²) in [4.78, 5) is 0.214. The van der Waals surface area contributed by atoms with Crippen molar-refractivity contribution < 1.29 is 13.2 Å².